The van der Waals surface area contributed by atoms with Gasteiger partial charge >= 0.3 is 13.6 Å². The lowest BCUT2D eigenvalue weighted by Crippen LogP contribution is -2.20. The Morgan fingerprint density at radius 1 is 1.12 bits per heavy atom. The SMILES string of the molecule is CC(=O)OP(=O)(CCCCc1ccccc1)OCCCOC(O)C(C)C. The minimum absolute atomic E-state index is 0.00711. The normalized spacial score (nSPS) is 14.8. The van der Waals surface area contributed by atoms with Gasteiger partial charge in [-0.25, -0.2) is 4.57 Å². The number of benzene rings is 1. The molecule has 0 aliphatic rings. The minimum atomic E-state index is -3.45. The van der Waals surface area contributed by atoms with E-state index in [0.29, 0.717) is 12.8 Å². The fourth-order valence-corrected chi connectivity index (χ4v) is 3.95. The second kappa shape index (κ2) is 12.2. The van der Waals surface area contributed by atoms with Gasteiger partial charge in [-0.1, -0.05) is 44.2 Å². The maximum Gasteiger partial charge on any atom is 0.381 e. The molecule has 0 radical (unpaired) electrons. The van der Waals surface area contributed by atoms with Gasteiger partial charge in [0, 0.05) is 12.8 Å². The maximum atomic E-state index is 12.7. The fourth-order valence-electron chi connectivity index (χ4n) is 2.27. The zero-order valence-electron chi connectivity index (χ0n) is 15.9. The van der Waals surface area contributed by atoms with E-state index in [9.17, 15) is 14.5 Å². The van der Waals surface area contributed by atoms with Crippen LogP contribution in [-0.2, 0) is 29.6 Å². The van der Waals surface area contributed by atoms with Crippen LogP contribution >= 0.6 is 7.60 Å². The predicted octanol–water partition coefficient (Wildman–Crippen LogP) is 4.16. The number of aliphatic hydroxyl groups is 1. The van der Waals surface area contributed by atoms with Crippen molar-refractivity contribution in [2.24, 2.45) is 5.92 Å². The van der Waals surface area contributed by atoms with Crippen LogP contribution in [0.5, 0.6) is 0 Å². The topological polar surface area (TPSA) is 82.1 Å². The highest BCUT2D eigenvalue weighted by molar-refractivity contribution is 7.54. The molecule has 26 heavy (non-hydrogen) atoms. The van der Waals surface area contributed by atoms with Crippen LogP contribution in [0.25, 0.3) is 0 Å². The van der Waals surface area contributed by atoms with Crippen molar-refractivity contribution in [2.45, 2.75) is 52.7 Å². The molecule has 0 amide bonds. The van der Waals surface area contributed by atoms with Crippen LogP contribution < -0.4 is 0 Å². The Morgan fingerprint density at radius 3 is 2.42 bits per heavy atom. The van der Waals surface area contributed by atoms with Gasteiger partial charge in [-0.2, -0.15) is 0 Å². The van der Waals surface area contributed by atoms with Crippen LogP contribution in [0, 0.1) is 5.92 Å². The summed E-state index contributed by atoms with van der Waals surface area (Å²) in [5.41, 5.74) is 1.22. The van der Waals surface area contributed by atoms with Gasteiger partial charge in [-0.3, -0.25) is 9.32 Å². The Balaban J connectivity index is 2.33. The Hall–Kier alpha value is -1.20. The van der Waals surface area contributed by atoms with E-state index in [-0.39, 0.29) is 25.3 Å². The number of aryl methyl sites for hydroxylation is 1. The average Bonchev–Trinajstić information content (AvgIpc) is 2.58. The maximum absolute atomic E-state index is 12.7. The van der Waals surface area contributed by atoms with E-state index in [1.165, 1.54) is 12.5 Å². The van der Waals surface area contributed by atoms with Gasteiger partial charge in [0.1, 0.15) is 0 Å². The second-order valence-electron chi connectivity index (χ2n) is 6.55. The lowest BCUT2D eigenvalue weighted by atomic mass is 10.1. The van der Waals surface area contributed by atoms with Gasteiger partial charge < -0.3 is 14.4 Å². The molecule has 0 saturated carbocycles. The summed E-state index contributed by atoms with van der Waals surface area (Å²) < 4.78 is 28.3. The van der Waals surface area contributed by atoms with E-state index < -0.39 is 19.9 Å². The number of unbranched alkanes of at least 4 members (excludes halogenated alkanes) is 1. The molecule has 0 spiro atoms. The first-order valence-corrected chi connectivity index (χ1v) is 10.8. The quantitative estimate of drug-likeness (QED) is 0.311. The monoisotopic (exact) mass is 386 g/mol. The first-order chi connectivity index (χ1) is 12.3. The molecule has 1 N–H and O–H groups in total. The van der Waals surface area contributed by atoms with Crippen molar-refractivity contribution in [2.75, 3.05) is 19.4 Å². The predicted molar refractivity (Wildman–Crippen MR) is 101 cm³/mol. The number of hydrogen-bond donors (Lipinski definition) is 1. The van der Waals surface area contributed by atoms with Crippen molar-refractivity contribution >= 4 is 13.6 Å². The van der Waals surface area contributed by atoms with Crippen LogP contribution in [0.4, 0.5) is 0 Å². The number of aliphatic hydroxyl groups excluding tert-OH is 1. The van der Waals surface area contributed by atoms with Crippen LogP contribution in [0.2, 0.25) is 0 Å². The summed E-state index contributed by atoms with van der Waals surface area (Å²) in [5, 5.41) is 9.55. The van der Waals surface area contributed by atoms with Gasteiger partial charge in [0.25, 0.3) is 0 Å². The summed E-state index contributed by atoms with van der Waals surface area (Å²) in [6.45, 7) is 5.36. The fraction of sp³-hybridized carbons (Fsp3) is 0.632. The van der Waals surface area contributed by atoms with Crippen LogP contribution in [-0.4, -0.2) is 36.7 Å². The van der Waals surface area contributed by atoms with Crippen molar-refractivity contribution in [3.8, 4) is 0 Å². The zero-order chi connectivity index (χ0) is 19.4. The highest BCUT2D eigenvalue weighted by atomic mass is 31.2. The Labute approximate surface area is 156 Å². The number of ether oxygens (including phenoxy) is 1. The lowest BCUT2D eigenvalue weighted by Gasteiger charge is -2.18. The van der Waals surface area contributed by atoms with Crippen molar-refractivity contribution in [3.63, 3.8) is 0 Å². The van der Waals surface area contributed by atoms with Gasteiger partial charge in [-0.15, -0.1) is 0 Å². The van der Waals surface area contributed by atoms with Crippen molar-refractivity contribution in [1.29, 1.82) is 0 Å². The third-order valence-electron chi connectivity index (χ3n) is 3.69. The molecule has 1 aromatic carbocycles. The van der Waals surface area contributed by atoms with Crippen molar-refractivity contribution < 1.29 is 28.3 Å². The highest BCUT2D eigenvalue weighted by Gasteiger charge is 2.26. The number of hydrogen-bond acceptors (Lipinski definition) is 6. The van der Waals surface area contributed by atoms with Gasteiger partial charge in [0.05, 0.1) is 19.4 Å². The molecule has 0 heterocycles. The van der Waals surface area contributed by atoms with Gasteiger partial charge in [-0.05, 0) is 31.2 Å². The molecule has 0 saturated heterocycles. The molecule has 2 unspecified atom stereocenters. The molecule has 0 aromatic heterocycles. The summed E-state index contributed by atoms with van der Waals surface area (Å²) in [4.78, 5) is 11.2. The first kappa shape index (κ1) is 22.8. The van der Waals surface area contributed by atoms with E-state index in [1.807, 2.05) is 44.2 Å². The van der Waals surface area contributed by atoms with Crippen LogP contribution in [0.15, 0.2) is 30.3 Å². The third kappa shape index (κ3) is 10.1. The Kier molecular flexibility index (Phi) is 10.7. The largest absolute Gasteiger partial charge is 0.392 e. The molecule has 0 bridgehead atoms. The van der Waals surface area contributed by atoms with E-state index in [2.05, 4.69) is 0 Å². The molecule has 0 aliphatic heterocycles. The molecule has 6 nitrogen and oxygen atoms in total. The highest BCUT2D eigenvalue weighted by Crippen LogP contribution is 2.49. The standard InChI is InChI=1S/C19H31O6P/c1-16(2)19(21)23-13-9-14-24-26(22,25-17(3)20)15-8-7-12-18-10-5-4-6-11-18/h4-6,10-11,16,19,21H,7-9,12-15H2,1-3H3. The molecule has 0 fully saturated rings. The smallest absolute Gasteiger partial charge is 0.381 e. The number of rotatable bonds is 13. The molecule has 1 aromatic rings. The second-order valence-corrected chi connectivity index (χ2v) is 8.66. The van der Waals surface area contributed by atoms with Crippen molar-refractivity contribution in [3.05, 3.63) is 35.9 Å². The van der Waals surface area contributed by atoms with Crippen molar-refractivity contribution in [1.82, 2.24) is 0 Å². The Morgan fingerprint density at radius 2 is 1.81 bits per heavy atom. The van der Waals surface area contributed by atoms with Crippen LogP contribution in [0.3, 0.4) is 0 Å². The van der Waals surface area contributed by atoms with E-state index in [4.69, 9.17) is 13.8 Å². The number of carbonyl (C=O) groups is 1. The summed E-state index contributed by atoms with van der Waals surface area (Å²) >= 11 is 0. The summed E-state index contributed by atoms with van der Waals surface area (Å²) in [7, 11) is -3.45. The summed E-state index contributed by atoms with van der Waals surface area (Å²) in [6.07, 6.45) is 2.19. The molecular weight excluding hydrogens is 355 g/mol. The average molecular weight is 386 g/mol. The van der Waals surface area contributed by atoms with E-state index in [0.717, 1.165) is 12.8 Å². The summed E-state index contributed by atoms with van der Waals surface area (Å²) in [5.74, 6) is -0.601. The zero-order valence-corrected chi connectivity index (χ0v) is 16.8. The molecule has 2 atom stereocenters. The summed E-state index contributed by atoms with van der Waals surface area (Å²) in [6, 6.07) is 10.0. The third-order valence-corrected chi connectivity index (χ3v) is 5.67. The lowest BCUT2D eigenvalue weighted by molar-refractivity contribution is -0.132. The molecular formula is C19H31O6P. The Bertz CT molecular complexity index is 560. The first-order valence-electron chi connectivity index (χ1n) is 9.10. The number of carbonyl (C=O) groups excluding carboxylic acids is 1. The molecule has 7 heteroatoms. The van der Waals surface area contributed by atoms with E-state index in [1.54, 1.807) is 0 Å². The van der Waals surface area contributed by atoms with E-state index >= 15 is 0 Å². The molecule has 148 valence electrons. The molecule has 0 aliphatic carbocycles. The minimum Gasteiger partial charge on any atom is -0.392 e. The molecule has 1 rings (SSSR count). The van der Waals surface area contributed by atoms with Gasteiger partial charge in [0.15, 0.2) is 6.29 Å². The van der Waals surface area contributed by atoms with Crippen LogP contribution in [0.1, 0.15) is 45.6 Å². The van der Waals surface area contributed by atoms with Gasteiger partial charge in [0.2, 0.25) is 0 Å².